The molecule has 2 rings (SSSR count). The highest BCUT2D eigenvalue weighted by molar-refractivity contribution is 14.0. The Kier molecular flexibility index (Phi) is 8.81. The van der Waals surface area contributed by atoms with E-state index in [-0.39, 0.29) is 24.0 Å². The number of rotatable bonds is 6. The Morgan fingerprint density at radius 3 is 2.58 bits per heavy atom. The molecule has 0 aliphatic carbocycles. The second-order valence-electron chi connectivity index (χ2n) is 5.82. The lowest BCUT2D eigenvalue weighted by atomic mass is 10.1. The number of aromatic nitrogens is 1. The van der Waals surface area contributed by atoms with E-state index >= 15 is 0 Å². The molecule has 2 N–H and O–H groups in total. The summed E-state index contributed by atoms with van der Waals surface area (Å²) < 4.78 is 5.57. The molecule has 0 spiro atoms. The first kappa shape index (κ1) is 20.5. The van der Waals surface area contributed by atoms with Gasteiger partial charge >= 0.3 is 0 Å². The van der Waals surface area contributed by atoms with Crippen LogP contribution in [-0.2, 0) is 6.42 Å². The summed E-state index contributed by atoms with van der Waals surface area (Å²) in [5.41, 5.74) is 3.15. The van der Waals surface area contributed by atoms with Crippen molar-refractivity contribution >= 4 is 29.9 Å². The fourth-order valence-electron chi connectivity index (χ4n) is 2.13. The third-order valence-corrected chi connectivity index (χ3v) is 3.26. The Morgan fingerprint density at radius 2 is 1.96 bits per heavy atom. The molecular weight excluding hydrogens is 415 g/mol. The van der Waals surface area contributed by atoms with Crippen molar-refractivity contribution in [1.82, 2.24) is 15.6 Å². The molecule has 0 bridgehead atoms. The summed E-state index contributed by atoms with van der Waals surface area (Å²) in [6.45, 7) is 9.83. The van der Waals surface area contributed by atoms with Gasteiger partial charge in [0, 0.05) is 31.1 Å². The van der Waals surface area contributed by atoms with Crippen molar-refractivity contribution in [3.8, 4) is 11.5 Å². The van der Waals surface area contributed by atoms with E-state index in [9.17, 15) is 0 Å². The minimum absolute atomic E-state index is 0. The van der Waals surface area contributed by atoms with E-state index < -0.39 is 0 Å². The van der Waals surface area contributed by atoms with Crippen molar-refractivity contribution in [3.63, 3.8) is 0 Å². The van der Waals surface area contributed by atoms with Gasteiger partial charge in [0.2, 0.25) is 5.89 Å². The van der Waals surface area contributed by atoms with E-state index in [1.54, 1.807) is 6.26 Å². The number of nitrogens with one attached hydrogen (secondary N) is 2. The number of aryl methyl sites for hydroxylation is 1. The first-order valence-corrected chi connectivity index (χ1v) is 8.14. The number of hydrogen-bond donors (Lipinski definition) is 2. The van der Waals surface area contributed by atoms with Crippen molar-refractivity contribution in [3.05, 3.63) is 41.8 Å². The summed E-state index contributed by atoms with van der Waals surface area (Å²) in [4.78, 5) is 9.09. The van der Waals surface area contributed by atoms with Gasteiger partial charge in [-0.15, -0.1) is 24.0 Å². The van der Waals surface area contributed by atoms with Crippen molar-refractivity contribution in [2.24, 2.45) is 4.99 Å². The zero-order chi connectivity index (χ0) is 16.7. The van der Waals surface area contributed by atoms with Crippen LogP contribution in [0, 0.1) is 6.92 Å². The van der Waals surface area contributed by atoms with Crippen LogP contribution in [0.2, 0.25) is 0 Å². The van der Waals surface area contributed by atoms with E-state index in [0.29, 0.717) is 18.5 Å². The van der Waals surface area contributed by atoms with Gasteiger partial charge in [-0.1, -0.05) is 17.7 Å². The smallest absolute Gasteiger partial charge is 0.226 e. The fraction of sp³-hybridized carbons (Fsp3) is 0.444. The quantitative estimate of drug-likeness (QED) is 0.406. The molecule has 0 saturated heterocycles. The predicted octanol–water partition coefficient (Wildman–Crippen LogP) is 3.77. The molecule has 6 heteroatoms. The molecule has 5 nitrogen and oxygen atoms in total. The highest BCUT2D eigenvalue weighted by Crippen LogP contribution is 2.19. The van der Waals surface area contributed by atoms with Crippen LogP contribution < -0.4 is 10.6 Å². The number of oxazole rings is 1. The number of guanidine groups is 1. The highest BCUT2D eigenvalue weighted by Gasteiger charge is 2.06. The molecule has 0 aliphatic heterocycles. The van der Waals surface area contributed by atoms with E-state index in [1.807, 2.05) is 12.1 Å². The first-order valence-electron chi connectivity index (χ1n) is 8.14. The molecule has 132 valence electrons. The highest BCUT2D eigenvalue weighted by atomic mass is 127. The average Bonchev–Trinajstić information content (AvgIpc) is 2.96. The molecule has 0 amide bonds. The monoisotopic (exact) mass is 442 g/mol. The van der Waals surface area contributed by atoms with Gasteiger partial charge in [-0.2, -0.15) is 0 Å². The van der Waals surface area contributed by atoms with E-state index in [1.165, 1.54) is 5.56 Å². The predicted molar refractivity (Wildman–Crippen MR) is 110 cm³/mol. The molecule has 2 aromatic rings. The molecule has 0 fully saturated rings. The van der Waals surface area contributed by atoms with Gasteiger partial charge in [-0.3, -0.25) is 4.99 Å². The second-order valence-corrected chi connectivity index (χ2v) is 5.82. The van der Waals surface area contributed by atoms with Crippen molar-refractivity contribution < 1.29 is 4.42 Å². The van der Waals surface area contributed by atoms with Crippen molar-refractivity contribution in [2.75, 3.05) is 13.1 Å². The van der Waals surface area contributed by atoms with Crippen LogP contribution in [0.15, 0.2) is 39.9 Å². The maximum Gasteiger partial charge on any atom is 0.226 e. The Hall–Kier alpha value is -1.57. The lowest BCUT2D eigenvalue weighted by molar-refractivity contribution is 0.572. The zero-order valence-electron chi connectivity index (χ0n) is 14.8. The van der Waals surface area contributed by atoms with Gasteiger partial charge in [0.25, 0.3) is 0 Å². The Morgan fingerprint density at radius 1 is 1.25 bits per heavy atom. The van der Waals surface area contributed by atoms with Gasteiger partial charge < -0.3 is 15.1 Å². The van der Waals surface area contributed by atoms with Crippen LogP contribution in [0.3, 0.4) is 0 Å². The normalized spacial score (nSPS) is 11.3. The molecule has 0 aliphatic rings. The molecule has 0 radical (unpaired) electrons. The van der Waals surface area contributed by atoms with E-state index in [0.717, 1.165) is 30.2 Å². The summed E-state index contributed by atoms with van der Waals surface area (Å²) in [6, 6.07) is 8.53. The molecule has 1 aromatic heterocycles. The van der Waals surface area contributed by atoms with Gasteiger partial charge in [0.15, 0.2) is 5.96 Å². The van der Waals surface area contributed by atoms with Crippen LogP contribution in [0.1, 0.15) is 32.0 Å². The minimum atomic E-state index is 0. The third kappa shape index (κ3) is 6.51. The number of hydrogen-bond acceptors (Lipinski definition) is 3. The SMILES string of the molecule is CCNC(=NCCc1coc(-c2ccc(C)cc2)n1)NC(C)C.I. The van der Waals surface area contributed by atoms with Gasteiger partial charge in [-0.05, 0) is 39.8 Å². The van der Waals surface area contributed by atoms with E-state index in [2.05, 4.69) is 60.4 Å². The molecule has 0 unspecified atom stereocenters. The minimum Gasteiger partial charge on any atom is -0.444 e. The lowest BCUT2D eigenvalue weighted by Crippen LogP contribution is -2.41. The topological polar surface area (TPSA) is 62.5 Å². The van der Waals surface area contributed by atoms with Crippen LogP contribution in [0.25, 0.3) is 11.5 Å². The molecule has 24 heavy (non-hydrogen) atoms. The molecular formula is C18H27IN4O. The summed E-state index contributed by atoms with van der Waals surface area (Å²) in [7, 11) is 0. The summed E-state index contributed by atoms with van der Waals surface area (Å²) in [6.07, 6.45) is 2.47. The molecule has 0 atom stereocenters. The van der Waals surface area contributed by atoms with Crippen molar-refractivity contribution in [1.29, 1.82) is 0 Å². The van der Waals surface area contributed by atoms with Crippen LogP contribution >= 0.6 is 24.0 Å². The molecule has 0 saturated carbocycles. The number of benzene rings is 1. The molecule has 1 aromatic carbocycles. The number of aliphatic imine (C=N–C) groups is 1. The van der Waals surface area contributed by atoms with Gasteiger partial charge in [0.05, 0.1) is 5.69 Å². The molecule has 1 heterocycles. The second kappa shape index (κ2) is 10.3. The number of halogens is 1. The fourth-order valence-corrected chi connectivity index (χ4v) is 2.13. The maximum absolute atomic E-state index is 5.57. The lowest BCUT2D eigenvalue weighted by Gasteiger charge is -2.13. The Balaban J connectivity index is 0.00000288. The average molecular weight is 442 g/mol. The maximum atomic E-state index is 5.57. The largest absolute Gasteiger partial charge is 0.444 e. The summed E-state index contributed by atoms with van der Waals surface area (Å²) in [5, 5.41) is 6.53. The summed E-state index contributed by atoms with van der Waals surface area (Å²) >= 11 is 0. The van der Waals surface area contributed by atoms with Crippen LogP contribution in [-0.4, -0.2) is 30.1 Å². The first-order chi connectivity index (χ1) is 11.1. The van der Waals surface area contributed by atoms with E-state index in [4.69, 9.17) is 4.42 Å². The van der Waals surface area contributed by atoms with Crippen LogP contribution in [0.5, 0.6) is 0 Å². The third-order valence-electron chi connectivity index (χ3n) is 3.26. The standard InChI is InChI=1S/C18H26N4O.HI/c1-5-19-18(21-13(2)3)20-11-10-16-12-23-17(22-16)15-8-6-14(4)7-9-15;/h6-9,12-13H,5,10-11H2,1-4H3,(H2,19,20,21);1H. The van der Waals surface area contributed by atoms with Gasteiger partial charge in [-0.25, -0.2) is 4.98 Å². The Bertz CT molecular complexity index is 635. The zero-order valence-corrected chi connectivity index (χ0v) is 17.1. The van der Waals surface area contributed by atoms with Gasteiger partial charge in [0.1, 0.15) is 6.26 Å². The Labute approximate surface area is 161 Å². The number of nitrogens with zero attached hydrogens (tertiary/aromatic N) is 2. The van der Waals surface area contributed by atoms with Crippen LogP contribution in [0.4, 0.5) is 0 Å². The summed E-state index contributed by atoms with van der Waals surface area (Å²) in [5.74, 6) is 1.50. The van der Waals surface area contributed by atoms with Crippen molar-refractivity contribution in [2.45, 2.75) is 40.2 Å².